The van der Waals surface area contributed by atoms with Gasteiger partial charge in [0.05, 0.1) is 0 Å². The second-order valence-electron chi connectivity index (χ2n) is 3.96. The number of fused-ring (bicyclic) bond motifs is 1. The van der Waals surface area contributed by atoms with E-state index in [0.29, 0.717) is 5.25 Å². The molecule has 0 aromatic carbocycles. The van der Waals surface area contributed by atoms with Gasteiger partial charge in [0.1, 0.15) is 4.93 Å². The Kier molecular flexibility index (Phi) is 2.39. The molecule has 1 aliphatic heterocycles. The summed E-state index contributed by atoms with van der Waals surface area (Å²) in [6.07, 6.45) is 4.03. The van der Waals surface area contributed by atoms with Crippen LogP contribution in [-0.4, -0.2) is 25.8 Å². The number of thioether (sulfide) groups is 2. The fraction of sp³-hybridized carbons (Fsp3) is 1.00. The summed E-state index contributed by atoms with van der Waals surface area (Å²) in [5.41, 5.74) is 0. The van der Waals surface area contributed by atoms with Crippen LogP contribution in [0.2, 0.25) is 0 Å². The van der Waals surface area contributed by atoms with Gasteiger partial charge in [-0.2, -0.15) is 11.8 Å². The van der Waals surface area contributed by atoms with Gasteiger partial charge in [-0.3, -0.25) is 0 Å². The van der Waals surface area contributed by atoms with E-state index in [1.807, 2.05) is 18.7 Å². The maximum absolute atomic E-state index is 10.0. The van der Waals surface area contributed by atoms with Crippen LogP contribution in [0.4, 0.5) is 0 Å². The first-order chi connectivity index (χ1) is 5.59. The van der Waals surface area contributed by atoms with Crippen molar-refractivity contribution in [3.05, 3.63) is 0 Å². The summed E-state index contributed by atoms with van der Waals surface area (Å²) >= 11 is 3.80. The van der Waals surface area contributed by atoms with Crippen LogP contribution in [0, 0.1) is 0 Å². The molecule has 0 bridgehead atoms. The van der Waals surface area contributed by atoms with Crippen molar-refractivity contribution in [2.45, 2.75) is 53.8 Å². The van der Waals surface area contributed by atoms with Crippen molar-refractivity contribution < 1.29 is 5.11 Å². The summed E-state index contributed by atoms with van der Waals surface area (Å²) in [7, 11) is 0. The number of rotatable bonds is 0. The third-order valence-corrected chi connectivity index (χ3v) is 6.72. The first kappa shape index (κ1) is 9.22. The molecule has 2 rings (SSSR count). The summed E-state index contributed by atoms with van der Waals surface area (Å²) in [4.78, 5) is -0.490. The summed E-state index contributed by atoms with van der Waals surface area (Å²) < 4.78 is 0. The Morgan fingerprint density at radius 1 is 1.33 bits per heavy atom. The van der Waals surface area contributed by atoms with Gasteiger partial charge < -0.3 is 5.11 Å². The van der Waals surface area contributed by atoms with Gasteiger partial charge in [-0.1, -0.05) is 6.42 Å². The molecule has 4 unspecified atom stereocenters. The zero-order chi connectivity index (χ0) is 8.77. The molecule has 0 aromatic heterocycles. The molecule has 0 amide bonds. The third-order valence-electron chi connectivity index (χ3n) is 2.92. The first-order valence-electron chi connectivity index (χ1n) is 4.65. The zero-order valence-electron chi connectivity index (χ0n) is 7.62. The van der Waals surface area contributed by atoms with E-state index in [1.54, 1.807) is 11.8 Å². The average molecular weight is 204 g/mol. The maximum Gasteiger partial charge on any atom is 0.119 e. The van der Waals surface area contributed by atoms with Crippen molar-refractivity contribution in [3.63, 3.8) is 0 Å². The normalized spacial score (nSPS) is 53.8. The Labute approximate surface area is 82.7 Å². The lowest BCUT2D eigenvalue weighted by Gasteiger charge is -2.40. The molecule has 2 fully saturated rings. The van der Waals surface area contributed by atoms with Gasteiger partial charge in [-0.15, -0.1) is 11.8 Å². The largest absolute Gasteiger partial charge is 0.379 e. The van der Waals surface area contributed by atoms with Crippen molar-refractivity contribution in [2.24, 2.45) is 0 Å². The van der Waals surface area contributed by atoms with E-state index in [1.165, 1.54) is 19.3 Å². The minimum absolute atomic E-state index is 0.391. The maximum atomic E-state index is 10.0. The summed E-state index contributed by atoms with van der Waals surface area (Å²) in [5, 5.41) is 12.0. The zero-order valence-corrected chi connectivity index (χ0v) is 9.25. The van der Waals surface area contributed by atoms with Gasteiger partial charge in [0, 0.05) is 15.7 Å². The molecule has 0 radical (unpaired) electrons. The van der Waals surface area contributed by atoms with Gasteiger partial charge in [-0.25, -0.2) is 0 Å². The summed E-state index contributed by atoms with van der Waals surface area (Å²) in [6.45, 7) is 4.11. The highest BCUT2D eigenvalue weighted by molar-refractivity contribution is 8.08. The molecule has 1 saturated heterocycles. The van der Waals surface area contributed by atoms with Crippen LogP contribution in [-0.2, 0) is 0 Å². The van der Waals surface area contributed by atoms with Crippen LogP contribution in [0.25, 0.3) is 0 Å². The van der Waals surface area contributed by atoms with Crippen LogP contribution in [0.15, 0.2) is 0 Å². The topological polar surface area (TPSA) is 20.2 Å². The SMILES string of the molecule is CC1SC2CCCC2SC1(C)O. The van der Waals surface area contributed by atoms with Gasteiger partial charge in [-0.05, 0) is 26.7 Å². The van der Waals surface area contributed by atoms with Gasteiger partial charge in [0.2, 0.25) is 0 Å². The predicted molar refractivity (Wildman–Crippen MR) is 56.7 cm³/mol. The minimum atomic E-state index is -0.490. The average Bonchev–Trinajstić information content (AvgIpc) is 2.35. The van der Waals surface area contributed by atoms with Crippen LogP contribution >= 0.6 is 23.5 Å². The molecule has 0 aromatic rings. The lowest BCUT2D eigenvalue weighted by Crippen LogP contribution is -2.41. The molecular formula is C9H16OS2. The molecule has 0 spiro atoms. The molecule has 2 aliphatic rings. The molecule has 1 N–H and O–H groups in total. The van der Waals surface area contributed by atoms with Gasteiger partial charge in [0.15, 0.2) is 0 Å². The molecule has 70 valence electrons. The molecule has 12 heavy (non-hydrogen) atoms. The van der Waals surface area contributed by atoms with E-state index < -0.39 is 4.93 Å². The highest BCUT2D eigenvalue weighted by Gasteiger charge is 2.44. The van der Waals surface area contributed by atoms with Crippen molar-refractivity contribution >= 4 is 23.5 Å². The fourth-order valence-corrected chi connectivity index (χ4v) is 5.43. The van der Waals surface area contributed by atoms with E-state index in [0.717, 1.165) is 10.5 Å². The molecule has 4 atom stereocenters. The third kappa shape index (κ3) is 1.51. The van der Waals surface area contributed by atoms with Crippen LogP contribution in [0.3, 0.4) is 0 Å². The molecule has 3 heteroatoms. The van der Waals surface area contributed by atoms with Crippen LogP contribution in [0.5, 0.6) is 0 Å². The van der Waals surface area contributed by atoms with Gasteiger partial charge in [0.25, 0.3) is 0 Å². The number of hydrogen-bond acceptors (Lipinski definition) is 3. The number of aliphatic hydroxyl groups is 1. The minimum Gasteiger partial charge on any atom is -0.379 e. The first-order valence-corrected chi connectivity index (χ1v) is 6.47. The molecule has 1 heterocycles. The lowest BCUT2D eigenvalue weighted by atomic mass is 10.3. The Morgan fingerprint density at radius 2 is 2.00 bits per heavy atom. The smallest absolute Gasteiger partial charge is 0.119 e. The molecule has 1 aliphatic carbocycles. The standard InChI is InChI=1S/C9H16OS2/c1-6-9(2,10)12-8-5-3-4-7(8)11-6/h6-8,10H,3-5H2,1-2H3. The van der Waals surface area contributed by atoms with Crippen molar-refractivity contribution in [2.75, 3.05) is 0 Å². The predicted octanol–water partition coefficient (Wildman–Crippen LogP) is 2.48. The van der Waals surface area contributed by atoms with E-state index in [2.05, 4.69) is 6.92 Å². The Hall–Kier alpha value is 0.660. The summed E-state index contributed by atoms with van der Waals surface area (Å²) in [5.74, 6) is 0. The Balaban J connectivity index is 2.08. The molecule has 1 saturated carbocycles. The van der Waals surface area contributed by atoms with E-state index in [4.69, 9.17) is 0 Å². The highest BCUT2D eigenvalue weighted by Crippen LogP contribution is 2.52. The van der Waals surface area contributed by atoms with Crippen molar-refractivity contribution in [1.29, 1.82) is 0 Å². The second kappa shape index (κ2) is 3.10. The van der Waals surface area contributed by atoms with Crippen molar-refractivity contribution in [3.8, 4) is 0 Å². The van der Waals surface area contributed by atoms with Crippen molar-refractivity contribution in [1.82, 2.24) is 0 Å². The van der Waals surface area contributed by atoms with E-state index >= 15 is 0 Å². The molecule has 1 nitrogen and oxygen atoms in total. The summed E-state index contributed by atoms with van der Waals surface area (Å²) in [6, 6.07) is 0. The van der Waals surface area contributed by atoms with E-state index in [9.17, 15) is 5.11 Å². The number of hydrogen-bond donors (Lipinski definition) is 1. The fourth-order valence-electron chi connectivity index (χ4n) is 1.97. The van der Waals surface area contributed by atoms with Gasteiger partial charge >= 0.3 is 0 Å². The quantitative estimate of drug-likeness (QED) is 0.654. The monoisotopic (exact) mass is 204 g/mol. The second-order valence-corrected chi connectivity index (χ2v) is 7.21. The van der Waals surface area contributed by atoms with Crippen LogP contribution < -0.4 is 0 Å². The Morgan fingerprint density at radius 3 is 2.75 bits per heavy atom. The molecular weight excluding hydrogens is 188 g/mol. The lowest BCUT2D eigenvalue weighted by molar-refractivity contribution is 0.157. The Bertz CT molecular complexity index is 181. The highest BCUT2D eigenvalue weighted by atomic mass is 32.2. The van der Waals surface area contributed by atoms with E-state index in [-0.39, 0.29) is 0 Å². The van der Waals surface area contributed by atoms with Crippen LogP contribution in [0.1, 0.15) is 33.1 Å².